The van der Waals surface area contributed by atoms with Crippen molar-refractivity contribution in [3.05, 3.63) is 70.8 Å². The molecule has 0 saturated heterocycles. The van der Waals surface area contributed by atoms with Gasteiger partial charge in [0.15, 0.2) is 0 Å². The van der Waals surface area contributed by atoms with Gasteiger partial charge < -0.3 is 4.90 Å². The predicted molar refractivity (Wildman–Crippen MR) is 94.0 cm³/mol. The van der Waals surface area contributed by atoms with Crippen molar-refractivity contribution < 1.29 is 9.59 Å². The molecule has 4 rings (SSSR count). The summed E-state index contributed by atoms with van der Waals surface area (Å²) in [5.74, 6) is -0.427. The van der Waals surface area contributed by atoms with Gasteiger partial charge in [-0.2, -0.15) is 0 Å². The van der Waals surface area contributed by atoms with Gasteiger partial charge in [-0.3, -0.25) is 14.5 Å². The number of fused-ring (bicyclic) bond motifs is 2. The van der Waals surface area contributed by atoms with Crippen molar-refractivity contribution in [1.82, 2.24) is 4.90 Å². The molecule has 0 bridgehead atoms. The molecule has 24 heavy (non-hydrogen) atoms. The number of hydrogen-bond acceptors (Lipinski definition) is 3. The Bertz CT molecular complexity index is 850. The molecular weight excluding hydrogens is 300 g/mol. The number of nitrogens with zero attached hydrogens (tertiary/aromatic N) is 2. The summed E-state index contributed by atoms with van der Waals surface area (Å²) in [5.41, 5.74) is 4.22. The lowest BCUT2D eigenvalue weighted by atomic mass is 10.0. The van der Waals surface area contributed by atoms with Gasteiger partial charge >= 0.3 is 0 Å². The number of rotatable bonds is 2. The fourth-order valence-electron chi connectivity index (χ4n) is 3.31. The first-order chi connectivity index (χ1) is 11.6. The van der Waals surface area contributed by atoms with Crippen molar-refractivity contribution in [1.29, 1.82) is 0 Å². The predicted octanol–water partition coefficient (Wildman–Crippen LogP) is 3.33. The van der Waals surface area contributed by atoms with E-state index in [9.17, 15) is 9.59 Å². The van der Waals surface area contributed by atoms with Crippen molar-refractivity contribution in [2.24, 2.45) is 0 Å². The molecule has 1 unspecified atom stereocenters. The minimum Gasteiger partial charge on any atom is -0.368 e. The highest BCUT2D eigenvalue weighted by Crippen LogP contribution is 2.30. The van der Waals surface area contributed by atoms with Crippen molar-refractivity contribution in [3.63, 3.8) is 0 Å². The minimum atomic E-state index is -0.213. The van der Waals surface area contributed by atoms with Crippen LogP contribution in [0.3, 0.4) is 0 Å². The number of hydrogen-bond donors (Lipinski definition) is 0. The molecule has 0 aliphatic carbocycles. The molecule has 0 fully saturated rings. The van der Waals surface area contributed by atoms with Crippen LogP contribution in [0.4, 0.5) is 5.69 Å². The van der Waals surface area contributed by atoms with Crippen LogP contribution in [0.5, 0.6) is 0 Å². The van der Waals surface area contributed by atoms with E-state index in [0.29, 0.717) is 23.7 Å². The second-order valence-electron chi connectivity index (χ2n) is 6.35. The lowest BCUT2D eigenvalue weighted by molar-refractivity contribution is 0.0642. The van der Waals surface area contributed by atoms with Crippen LogP contribution in [-0.2, 0) is 6.54 Å². The van der Waals surface area contributed by atoms with Crippen LogP contribution in [0.15, 0.2) is 48.5 Å². The second kappa shape index (κ2) is 5.34. The Hall–Kier alpha value is -2.88. The van der Waals surface area contributed by atoms with Gasteiger partial charge in [-0.25, -0.2) is 0 Å². The fraction of sp³-hybridized carbons (Fsp3) is 0.200. The number of benzene rings is 2. The smallest absolute Gasteiger partial charge is 0.261 e. The van der Waals surface area contributed by atoms with Crippen LogP contribution in [-0.4, -0.2) is 29.8 Å². The average Bonchev–Trinajstić information content (AvgIpc) is 2.84. The van der Waals surface area contributed by atoms with E-state index >= 15 is 0 Å². The van der Waals surface area contributed by atoms with E-state index in [1.807, 2.05) is 6.07 Å². The summed E-state index contributed by atoms with van der Waals surface area (Å²) in [6.07, 6.45) is 4.25. The van der Waals surface area contributed by atoms with Crippen LogP contribution < -0.4 is 4.90 Å². The van der Waals surface area contributed by atoms with Crippen LogP contribution in [0.1, 0.15) is 38.8 Å². The van der Waals surface area contributed by atoms with Crippen molar-refractivity contribution >= 4 is 23.6 Å². The average molecular weight is 318 g/mol. The first-order valence-electron chi connectivity index (χ1n) is 8.05. The zero-order valence-corrected chi connectivity index (χ0v) is 13.7. The van der Waals surface area contributed by atoms with Crippen LogP contribution >= 0.6 is 0 Å². The van der Waals surface area contributed by atoms with Gasteiger partial charge in [0.25, 0.3) is 11.8 Å². The maximum atomic E-state index is 12.5. The molecule has 2 aromatic rings. The molecule has 0 aromatic heterocycles. The molecule has 0 N–H and O–H groups in total. The Morgan fingerprint density at radius 1 is 1.00 bits per heavy atom. The summed E-state index contributed by atoms with van der Waals surface area (Å²) in [4.78, 5) is 28.5. The number of amides is 2. The molecule has 4 heteroatoms. The van der Waals surface area contributed by atoms with Crippen molar-refractivity contribution in [2.45, 2.75) is 19.5 Å². The van der Waals surface area contributed by atoms with Gasteiger partial charge in [0.1, 0.15) is 0 Å². The zero-order chi connectivity index (χ0) is 16.8. The number of imide groups is 1. The van der Waals surface area contributed by atoms with Crippen LogP contribution in [0.2, 0.25) is 0 Å². The molecule has 2 amide bonds. The highest BCUT2D eigenvalue weighted by molar-refractivity contribution is 6.21. The SMILES string of the molecule is CC1C=Cc2cc(CN3C(=O)c4ccccc4C3=O)ccc2N1C. The maximum Gasteiger partial charge on any atom is 0.261 e. The molecular formula is C20H18N2O2. The summed E-state index contributed by atoms with van der Waals surface area (Å²) >= 11 is 0. The third kappa shape index (κ3) is 2.14. The quantitative estimate of drug-likeness (QED) is 0.798. The molecule has 2 aromatic carbocycles. The Morgan fingerprint density at radius 2 is 1.67 bits per heavy atom. The first-order valence-corrected chi connectivity index (χ1v) is 8.05. The molecule has 2 heterocycles. The molecule has 4 nitrogen and oxygen atoms in total. The number of carbonyl (C=O) groups excluding carboxylic acids is 2. The molecule has 2 aliphatic heterocycles. The molecule has 0 saturated carbocycles. The van der Waals surface area contributed by atoms with E-state index in [4.69, 9.17) is 0 Å². The van der Waals surface area contributed by atoms with Crippen LogP contribution in [0, 0.1) is 0 Å². The summed E-state index contributed by atoms with van der Waals surface area (Å²) in [5, 5.41) is 0. The van der Waals surface area contributed by atoms with Gasteiger partial charge in [0.2, 0.25) is 0 Å². The van der Waals surface area contributed by atoms with Crippen molar-refractivity contribution in [2.75, 3.05) is 11.9 Å². The van der Waals surface area contributed by atoms with E-state index in [-0.39, 0.29) is 11.8 Å². The molecule has 1 atom stereocenters. The molecule has 0 spiro atoms. The number of carbonyl (C=O) groups is 2. The van der Waals surface area contributed by atoms with Gasteiger partial charge in [-0.05, 0) is 42.3 Å². The van der Waals surface area contributed by atoms with E-state index < -0.39 is 0 Å². The van der Waals surface area contributed by atoms with Crippen LogP contribution in [0.25, 0.3) is 6.08 Å². The fourth-order valence-corrected chi connectivity index (χ4v) is 3.31. The number of likely N-dealkylation sites (N-methyl/N-ethyl adjacent to an activating group) is 1. The highest BCUT2D eigenvalue weighted by atomic mass is 16.2. The third-order valence-corrected chi connectivity index (χ3v) is 4.86. The van der Waals surface area contributed by atoms with Gasteiger partial charge in [0.05, 0.1) is 17.7 Å². The van der Waals surface area contributed by atoms with Gasteiger partial charge in [-0.1, -0.05) is 30.4 Å². The lowest BCUT2D eigenvalue weighted by Gasteiger charge is -2.30. The van der Waals surface area contributed by atoms with E-state index in [0.717, 1.165) is 16.8 Å². The molecule has 120 valence electrons. The monoisotopic (exact) mass is 318 g/mol. The van der Waals surface area contributed by atoms with E-state index in [1.165, 1.54) is 4.90 Å². The molecule has 2 aliphatic rings. The summed E-state index contributed by atoms with van der Waals surface area (Å²) in [7, 11) is 2.07. The first kappa shape index (κ1) is 14.7. The Morgan fingerprint density at radius 3 is 2.33 bits per heavy atom. The summed E-state index contributed by atoms with van der Waals surface area (Å²) in [6, 6.07) is 13.5. The second-order valence-corrected chi connectivity index (χ2v) is 6.35. The van der Waals surface area contributed by atoms with Crippen molar-refractivity contribution in [3.8, 4) is 0 Å². The lowest BCUT2D eigenvalue weighted by Crippen LogP contribution is -2.30. The van der Waals surface area contributed by atoms with E-state index in [2.05, 4.69) is 43.2 Å². The van der Waals surface area contributed by atoms with Gasteiger partial charge in [-0.15, -0.1) is 0 Å². The normalized spacial score (nSPS) is 18.8. The van der Waals surface area contributed by atoms with E-state index in [1.54, 1.807) is 24.3 Å². The molecule has 0 radical (unpaired) electrons. The third-order valence-electron chi connectivity index (χ3n) is 4.86. The standard InChI is InChI=1S/C20H18N2O2/c1-13-7-9-15-11-14(8-10-18(15)21(13)2)12-22-19(23)16-5-3-4-6-17(16)20(22)24/h3-11,13H,12H2,1-2H3. The summed E-state index contributed by atoms with van der Waals surface area (Å²) in [6.45, 7) is 2.44. The summed E-state index contributed by atoms with van der Waals surface area (Å²) < 4.78 is 0. The zero-order valence-electron chi connectivity index (χ0n) is 13.7. The Balaban J connectivity index is 1.63. The minimum absolute atomic E-state index is 0.213. The maximum absolute atomic E-state index is 12.5. The Kier molecular flexibility index (Phi) is 3.27. The Labute approximate surface area is 141 Å². The number of anilines is 1. The largest absolute Gasteiger partial charge is 0.368 e. The van der Waals surface area contributed by atoms with Gasteiger partial charge in [0, 0.05) is 18.8 Å². The highest BCUT2D eigenvalue weighted by Gasteiger charge is 2.35. The topological polar surface area (TPSA) is 40.6 Å².